The Kier molecular flexibility index (Phi) is 5.21. The molecule has 1 aromatic carbocycles. The number of piperazine rings is 1. The van der Waals surface area contributed by atoms with E-state index in [1.54, 1.807) is 0 Å². The van der Waals surface area contributed by atoms with Gasteiger partial charge in [-0.2, -0.15) is 0 Å². The fraction of sp³-hybridized carbons (Fsp3) is 0.375. The number of rotatable bonds is 5. The Morgan fingerprint density at radius 1 is 1.19 bits per heavy atom. The van der Waals surface area contributed by atoms with Gasteiger partial charge in [-0.05, 0) is 18.7 Å². The van der Waals surface area contributed by atoms with Crippen molar-refractivity contribution in [2.24, 2.45) is 0 Å². The molecule has 0 radical (unpaired) electrons. The number of benzene rings is 1. The number of aromatic nitrogens is 2. The minimum absolute atomic E-state index is 0.0658. The zero-order valence-corrected chi connectivity index (χ0v) is 14.2. The van der Waals surface area contributed by atoms with E-state index in [0.717, 1.165) is 31.8 Å². The number of nitrogens with zero attached hydrogens (tertiary/aromatic N) is 5. The van der Waals surface area contributed by atoms with Gasteiger partial charge in [-0.1, -0.05) is 6.92 Å². The molecule has 2 heterocycles. The van der Waals surface area contributed by atoms with Gasteiger partial charge in [0.15, 0.2) is 11.6 Å². The number of hydrogen-bond acceptors (Lipinski definition) is 7. The predicted molar refractivity (Wildman–Crippen MR) is 92.7 cm³/mol. The van der Waals surface area contributed by atoms with Gasteiger partial charge in [-0.3, -0.25) is 10.1 Å². The smallest absolute Gasteiger partial charge is 0.348 e. The third-order valence-corrected chi connectivity index (χ3v) is 4.29. The molecule has 3 rings (SSSR count). The van der Waals surface area contributed by atoms with Crippen LogP contribution in [0.1, 0.15) is 6.92 Å². The summed E-state index contributed by atoms with van der Waals surface area (Å²) in [4.78, 5) is 23.1. The Bertz CT molecular complexity index is 811. The van der Waals surface area contributed by atoms with E-state index in [1.807, 2.05) is 4.90 Å². The second kappa shape index (κ2) is 7.56. The Morgan fingerprint density at radius 2 is 1.92 bits per heavy atom. The van der Waals surface area contributed by atoms with Crippen LogP contribution in [0.3, 0.4) is 0 Å². The lowest BCUT2D eigenvalue weighted by atomic mass is 10.2. The molecule has 0 amide bonds. The number of nitro groups is 1. The van der Waals surface area contributed by atoms with Crippen molar-refractivity contribution in [3.8, 4) is 0 Å². The highest BCUT2D eigenvalue weighted by molar-refractivity contribution is 5.74. The molecule has 0 unspecified atom stereocenters. The molecule has 26 heavy (non-hydrogen) atoms. The summed E-state index contributed by atoms with van der Waals surface area (Å²) in [6, 6.07) is 3.14. The molecule has 0 saturated carbocycles. The average Bonchev–Trinajstić information content (AvgIpc) is 2.64. The first-order valence-corrected chi connectivity index (χ1v) is 8.18. The molecule has 138 valence electrons. The molecule has 1 fully saturated rings. The van der Waals surface area contributed by atoms with E-state index >= 15 is 0 Å². The third kappa shape index (κ3) is 3.69. The van der Waals surface area contributed by atoms with Gasteiger partial charge in [-0.15, -0.1) is 0 Å². The minimum Gasteiger partial charge on any atom is -0.348 e. The minimum atomic E-state index is -1.05. The van der Waals surface area contributed by atoms with Gasteiger partial charge in [-0.25, -0.2) is 18.7 Å². The number of anilines is 3. The molecule has 0 aliphatic carbocycles. The molecule has 10 heteroatoms. The molecule has 0 bridgehead atoms. The Morgan fingerprint density at radius 3 is 2.54 bits per heavy atom. The zero-order chi connectivity index (χ0) is 18.7. The monoisotopic (exact) mass is 364 g/mol. The van der Waals surface area contributed by atoms with Gasteiger partial charge >= 0.3 is 5.69 Å². The Balaban J connectivity index is 1.91. The van der Waals surface area contributed by atoms with Gasteiger partial charge in [0.25, 0.3) is 0 Å². The van der Waals surface area contributed by atoms with Gasteiger partial charge in [0.2, 0.25) is 11.6 Å². The molecule has 1 aromatic heterocycles. The SMILES string of the molecule is CCN1CCN(c2ncnc(Nc3ccc(F)c(F)c3)c2[N+](=O)[O-])CC1. The van der Waals surface area contributed by atoms with E-state index in [1.165, 1.54) is 12.4 Å². The van der Waals surface area contributed by atoms with E-state index in [4.69, 9.17) is 0 Å². The van der Waals surface area contributed by atoms with Gasteiger partial charge in [0.1, 0.15) is 6.33 Å². The largest absolute Gasteiger partial charge is 0.353 e. The third-order valence-electron chi connectivity index (χ3n) is 4.29. The van der Waals surface area contributed by atoms with Crippen LogP contribution < -0.4 is 10.2 Å². The molecule has 8 nitrogen and oxygen atoms in total. The summed E-state index contributed by atoms with van der Waals surface area (Å²) in [5.74, 6) is -1.90. The van der Waals surface area contributed by atoms with Crippen LogP contribution >= 0.6 is 0 Å². The topological polar surface area (TPSA) is 87.4 Å². The first kappa shape index (κ1) is 17.9. The number of halogens is 2. The highest BCUT2D eigenvalue weighted by Gasteiger charge is 2.29. The number of hydrogen-bond donors (Lipinski definition) is 1. The molecule has 0 atom stereocenters. The molecule has 1 saturated heterocycles. The van der Waals surface area contributed by atoms with Gasteiger partial charge in [0, 0.05) is 37.9 Å². The van der Waals surface area contributed by atoms with E-state index in [9.17, 15) is 18.9 Å². The number of likely N-dealkylation sites (N-methyl/N-ethyl adjacent to an activating group) is 1. The summed E-state index contributed by atoms with van der Waals surface area (Å²) in [5, 5.41) is 14.3. The zero-order valence-electron chi connectivity index (χ0n) is 14.2. The Hall–Kier alpha value is -2.88. The van der Waals surface area contributed by atoms with Crippen molar-refractivity contribution in [2.75, 3.05) is 42.9 Å². The lowest BCUT2D eigenvalue weighted by Gasteiger charge is -2.34. The fourth-order valence-electron chi connectivity index (χ4n) is 2.85. The summed E-state index contributed by atoms with van der Waals surface area (Å²) >= 11 is 0. The van der Waals surface area contributed by atoms with E-state index in [2.05, 4.69) is 27.1 Å². The maximum absolute atomic E-state index is 13.4. The maximum Gasteiger partial charge on any atom is 0.353 e. The van der Waals surface area contributed by atoms with Crippen LogP contribution in [0.2, 0.25) is 0 Å². The van der Waals surface area contributed by atoms with Crippen molar-refractivity contribution in [3.63, 3.8) is 0 Å². The Labute approximate surface area is 148 Å². The van der Waals surface area contributed by atoms with Crippen LogP contribution in [0.15, 0.2) is 24.5 Å². The fourth-order valence-corrected chi connectivity index (χ4v) is 2.85. The summed E-state index contributed by atoms with van der Waals surface area (Å²) < 4.78 is 26.5. The van der Waals surface area contributed by atoms with Gasteiger partial charge in [0.05, 0.1) is 4.92 Å². The van der Waals surface area contributed by atoms with Gasteiger partial charge < -0.3 is 15.1 Å². The van der Waals surface area contributed by atoms with E-state index < -0.39 is 16.6 Å². The molecule has 1 aliphatic rings. The molecule has 0 spiro atoms. The van der Waals surface area contributed by atoms with Crippen LogP contribution in [0, 0.1) is 21.7 Å². The van der Waals surface area contributed by atoms with E-state index in [-0.39, 0.29) is 23.0 Å². The molecular formula is C16H18F2N6O2. The summed E-state index contributed by atoms with van der Waals surface area (Å²) in [6.45, 7) is 5.76. The van der Waals surface area contributed by atoms with Crippen LogP contribution in [-0.2, 0) is 0 Å². The van der Waals surface area contributed by atoms with Crippen molar-refractivity contribution in [1.82, 2.24) is 14.9 Å². The summed E-state index contributed by atoms with van der Waals surface area (Å²) in [6.07, 6.45) is 1.22. The molecule has 2 aromatic rings. The van der Waals surface area contributed by atoms with E-state index in [0.29, 0.717) is 13.1 Å². The van der Waals surface area contributed by atoms with Crippen molar-refractivity contribution < 1.29 is 13.7 Å². The van der Waals surface area contributed by atoms with Crippen molar-refractivity contribution in [1.29, 1.82) is 0 Å². The normalized spacial score (nSPS) is 15.1. The van der Waals surface area contributed by atoms with Crippen molar-refractivity contribution in [2.45, 2.75) is 6.92 Å². The first-order chi connectivity index (χ1) is 12.5. The standard InChI is InChI=1S/C16H18F2N6O2/c1-2-22-5-7-23(8-6-22)16-14(24(25)26)15(19-10-20-16)21-11-3-4-12(17)13(18)9-11/h3-4,9-10H,2,5-8H2,1H3,(H,19,20,21). The lowest BCUT2D eigenvalue weighted by Crippen LogP contribution is -2.46. The van der Waals surface area contributed by atoms with Crippen LogP contribution in [0.4, 0.5) is 31.8 Å². The molecule has 1 N–H and O–H groups in total. The van der Waals surface area contributed by atoms with Crippen molar-refractivity contribution >= 4 is 23.0 Å². The summed E-state index contributed by atoms with van der Waals surface area (Å²) in [7, 11) is 0. The van der Waals surface area contributed by atoms with Crippen LogP contribution in [0.5, 0.6) is 0 Å². The highest BCUT2D eigenvalue weighted by Crippen LogP contribution is 2.34. The quantitative estimate of drug-likeness (QED) is 0.644. The maximum atomic E-state index is 13.4. The summed E-state index contributed by atoms with van der Waals surface area (Å²) in [5.41, 5.74) is -0.130. The average molecular weight is 364 g/mol. The van der Waals surface area contributed by atoms with Crippen molar-refractivity contribution in [3.05, 3.63) is 46.3 Å². The van der Waals surface area contributed by atoms with Crippen LogP contribution in [-0.4, -0.2) is 52.5 Å². The first-order valence-electron chi connectivity index (χ1n) is 8.18. The lowest BCUT2D eigenvalue weighted by molar-refractivity contribution is -0.383. The second-order valence-corrected chi connectivity index (χ2v) is 5.83. The molecular weight excluding hydrogens is 346 g/mol. The second-order valence-electron chi connectivity index (χ2n) is 5.83. The highest BCUT2D eigenvalue weighted by atomic mass is 19.2. The molecule has 1 aliphatic heterocycles. The number of nitrogens with one attached hydrogen (secondary N) is 1. The van der Waals surface area contributed by atoms with Crippen LogP contribution in [0.25, 0.3) is 0 Å². The predicted octanol–water partition coefficient (Wildman–Crippen LogP) is 2.55.